The Kier molecular flexibility index (Phi) is 5.40. The van der Waals surface area contributed by atoms with Gasteiger partial charge in [-0.15, -0.1) is 0 Å². The second-order valence-electron chi connectivity index (χ2n) is 3.76. The Labute approximate surface area is 81.6 Å². The molecular formula is C11H22O2. The first kappa shape index (κ1) is 11.0. The average molecular weight is 186 g/mol. The molecule has 2 unspecified atom stereocenters. The van der Waals surface area contributed by atoms with Crippen LogP contribution in [0.2, 0.25) is 0 Å². The standard InChI is InChI=1S/C11H22O2/c1-3-5-6-7-9-12-11-10(13-11)8-4-2/h10-11H,3-9H2,1-2H3. The molecule has 1 heterocycles. The van der Waals surface area contributed by atoms with Crippen molar-refractivity contribution in [3.8, 4) is 0 Å². The molecule has 0 saturated carbocycles. The Morgan fingerprint density at radius 2 is 1.92 bits per heavy atom. The van der Waals surface area contributed by atoms with Crippen LogP contribution in [0.25, 0.3) is 0 Å². The smallest absolute Gasteiger partial charge is 0.184 e. The summed E-state index contributed by atoms with van der Waals surface area (Å²) in [6, 6.07) is 0. The van der Waals surface area contributed by atoms with Crippen LogP contribution in [0.1, 0.15) is 52.4 Å². The summed E-state index contributed by atoms with van der Waals surface area (Å²) in [6.45, 7) is 5.28. The number of rotatable bonds is 8. The molecule has 13 heavy (non-hydrogen) atoms. The van der Waals surface area contributed by atoms with Gasteiger partial charge in [0.15, 0.2) is 6.29 Å². The molecule has 0 N–H and O–H groups in total. The molecule has 0 aromatic carbocycles. The van der Waals surface area contributed by atoms with Crippen LogP contribution in [-0.4, -0.2) is 19.0 Å². The topological polar surface area (TPSA) is 21.8 Å². The Hall–Kier alpha value is -0.0800. The van der Waals surface area contributed by atoms with Gasteiger partial charge in [-0.2, -0.15) is 0 Å². The number of hydrogen-bond donors (Lipinski definition) is 0. The Balaban J connectivity index is 1.80. The minimum absolute atomic E-state index is 0.140. The molecule has 0 aromatic rings. The van der Waals surface area contributed by atoms with Crippen molar-refractivity contribution in [2.45, 2.75) is 64.8 Å². The van der Waals surface area contributed by atoms with Gasteiger partial charge in [0.1, 0.15) is 6.10 Å². The van der Waals surface area contributed by atoms with Gasteiger partial charge in [-0.05, 0) is 12.8 Å². The molecule has 2 heteroatoms. The molecule has 0 radical (unpaired) electrons. The fourth-order valence-corrected chi connectivity index (χ4v) is 1.49. The van der Waals surface area contributed by atoms with Crippen molar-refractivity contribution < 1.29 is 9.47 Å². The van der Waals surface area contributed by atoms with E-state index in [1.54, 1.807) is 0 Å². The van der Waals surface area contributed by atoms with Crippen LogP contribution >= 0.6 is 0 Å². The predicted octanol–water partition coefficient (Wildman–Crippen LogP) is 3.11. The largest absolute Gasteiger partial charge is 0.350 e. The molecule has 2 nitrogen and oxygen atoms in total. The third kappa shape index (κ3) is 4.63. The zero-order chi connectivity index (χ0) is 9.52. The van der Waals surface area contributed by atoms with E-state index in [1.165, 1.54) is 32.1 Å². The van der Waals surface area contributed by atoms with Gasteiger partial charge in [0.05, 0.1) is 0 Å². The van der Waals surface area contributed by atoms with Crippen LogP contribution in [0.3, 0.4) is 0 Å². The summed E-state index contributed by atoms with van der Waals surface area (Å²) < 4.78 is 10.9. The maximum atomic E-state index is 5.54. The van der Waals surface area contributed by atoms with Gasteiger partial charge >= 0.3 is 0 Å². The SMILES string of the molecule is CCCCCCOC1OC1CCC. The fourth-order valence-electron chi connectivity index (χ4n) is 1.49. The van der Waals surface area contributed by atoms with Crippen LogP contribution in [-0.2, 0) is 9.47 Å². The van der Waals surface area contributed by atoms with Crippen LogP contribution in [0.15, 0.2) is 0 Å². The predicted molar refractivity (Wildman–Crippen MR) is 53.7 cm³/mol. The van der Waals surface area contributed by atoms with Gasteiger partial charge in [0.2, 0.25) is 0 Å². The first-order chi connectivity index (χ1) is 6.38. The van der Waals surface area contributed by atoms with Crippen LogP contribution < -0.4 is 0 Å². The van der Waals surface area contributed by atoms with Crippen molar-refractivity contribution in [3.63, 3.8) is 0 Å². The molecule has 0 spiro atoms. The summed E-state index contributed by atoms with van der Waals surface area (Å²) in [5.41, 5.74) is 0. The van der Waals surface area contributed by atoms with Crippen molar-refractivity contribution in [2.24, 2.45) is 0 Å². The summed E-state index contributed by atoms with van der Waals surface area (Å²) in [6.07, 6.45) is 8.00. The van der Waals surface area contributed by atoms with Gasteiger partial charge in [0.25, 0.3) is 0 Å². The second-order valence-corrected chi connectivity index (χ2v) is 3.76. The second kappa shape index (κ2) is 6.39. The number of epoxide rings is 1. The third-order valence-electron chi connectivity index (χ3n) is 2.39. The van der Waals surface area contributed by atoms with Crippen molar-refractivity contribution in [1.82, 2.24) is 0 Å². The maximum Gasteiger partial charge on any atom is 0.184 e. The molecule has 78 valence electrons. The van der Waals surface area contributed by atoms with Gasteiger partial charge in [0, 0.05) is 6.61 Å². The summed E-state index contributed by atoms with van der Waals surface area (Å²) in [4.78, 5) is 0. The highest BCUT2D eigenvalue weighted by molar-refractivity contribution is 4.75. The van der Waals surface area contributed by atoms with E-state index in [4.69, 9.17) is 9.47 Å². The normalized spacial score (nSPS) is 26.3. The van der Waals surface area contributed by atoms with Crippen LogP contribution in [0.4, 0.5) is 0 Å². The molecule has 1 rings (SSSR count). The lowest BCUT2D eigenvalue weighted by atomic mass is 10.2. The lowest BCUT2D eigenvalue weighted by molar-refractivity contribution is 0.0478. The van der Waals surface area contributed by atoms with Crippen molar-refractivity contribution in [1.29, 1.82) is 0 Å². The Morgan fingerprint density at radius 3 is 2.62 bits per heavy atom. The molecule has 0 aliphatic carbocycles. The molecule has 1 aliphatic heterocycles. The highest BCUT2D eigenvalue weighted by atomic mass is 16.8. The summed E-state index contributed by atoms with van der Waals surface area (Å²) >= 11 is 0. The van der Waals surface area contributed by atoms with E-state index in [1.807, 2.05) is 0 Å². The number of unbranched alkanes of at least 4 members (excludes halogenated alkanes) is 3. The monoisotopic (exact) mass is 186 g/mol. The van der Waals surface area contributed by atoms with Crippen molar-refractivity contribution >= 4 is 0 Å². The van der Waals surface area contributed by atoms with E-state index in [9.17, 15) is 0 Å². The average Bonchev–Trinajstić information content (AvgIpc) is 2.84. The van der Waals surface area contributed by atoms with E-state index in [0.717, 1.165) is 13.0 Å². The van der Waals surface area contributed by atoms with Gasteiger partial charge in [-0.3, -0.25) is 0 Å². The molecule has 0 amide bonds. The minimum atomic E-state index is 0.140. The van der Waals surface area contributed by atoms with E-state index in [0.29, 0.717) is 6.10 Å². The van der Waals surface area contributed by atoms with Crippen LogP contribution in [0, 0.1) is 0 Å². The molecule has 1 saturated heterocycles. The van der Waals surface area contributed by atoms with Crippen molar-refractivity contribution in [2.75, 3.05) is 6.61 Å². The van der Waals surface area contributed by atoms with Gasteiger partial charge < -0.3 is 9.47 Å². The Morgan fingerprint density at radius 1 is 1.08 bits per heavy atom. The fraction of sp³-hybridized carbons (Fsp3) is 1.00. The highest BCUT2D eigenvalue weighted by Crippen LogP contribution is 2.27. The number of hydrogen-bond acceptors (Lipinski definition) is 2. The maximum absolute atomic E-state index is 5.54. The third-order valence-corrected chi connectivity index (χ3v) is 2.39. The Bertz CT molecular complexity index is 125. The molecular weight excluding hydrogens is 164 g/mol. The van der Waals surface area contributed by atoms with E-state index in [-0.39, 0.29) is 6.29 Å². The molecule has 1 fully saturated rings. The van der Waals surface area contributed by atoms with E-state index >= 15 is 0 Å². The first-order valence-electron chi connectivity index (χ1n) is 5.65. The molecule has 0 aromatic heterocycles. The van der Waals surface area contributed by atoms with Gasteiger partial charge in [-0.1, -0.05) is 39.5 Å². The quantitative estimate of drug-likeness (QED) is 0.429. The zero-order valence-corrected chi connectivity index (χ0v) is 8.92. The number of ether oxygens (including phenoxy) is 2. The van der Waals surface area contributed by atoms with E-state index in [2.05, 4.69) is 13.8 Å². The summed E-state index contributed by atoms with van der Waals surface area (Å²) in [5.74, 6) is 0. The first-order valence-corrected chi connectivity index (χ1v) is 5.65. The van der Waals surface area contributed by atoms with E-state index < -0.39 is 0 Å². The molecule has 2 atom stereocenters. The summed E-state index contributed by atoms with van der Waals surface area (Å²) in [5, 5.41) is 0. The minimum Gasteiger partial charge on any atom is -0.350 e. The van der Waals surface area contributed by atoms with Crippen LogP contribution in [0.5, 0.6) is 0 Å². The summed E-state index contributed by atoms with van der Waals surface area (Å²) in [7, 11) is 0. The molecule has 0 bridgehead atoms. The van der Waals surface area contributed by atoms with Gasteiger partial charge in [-0.25, -0.2) is 0 Å². The van der Waals surface area contributed by atoms with Crippen molar-refractivity contribution in [3.05, 3.63) is 0 Å². The molecule has 1 aliphatic rings. The zero-order valence-electron chi connectivity index (χ0n) is 8.92. The lowest BCUT2D eigenvalue weighted by Gasteiger charge is -1.99. The highest BCUT2D eigenvalue weighted by Gasteiger charge is 2.38. The lowest BCUT2D eigenvalue weighted by Crippen LogP contribution is -2.01.